The monoisotopic (exact) mass is 524 g/mol. The number of carbonyl (C=O) groups excluding carboxylic acids is 2. The Balaban J connectivity index is 1.25. The Hall–Kier alpha value is -4.72. The van der Waals surface area contributed by atoms with Crippen molar-refractivity contribution < 1.29 is 28.5 Å². The number of aromatic amines is 1. The van der Waals surface area contributed by atoms with Gasteiger partial charge in [-0.05, 0) is 66.4 Å². The lowest BCUT2D eigenvalue weighted by Gasteiger charge is -2.35. The van der Waals surface area contributed by atoms with E-state index in [1.54, 1.807) is 31.2 Å². The SMILES string of the molecule is CCOC(=O)COc1ccc(/C=C/C(=O)N2CCc3c([nH]c4ccccc34)C2c2ccc3c(c2)OCO3)cc1. The van der Waals surface area contributed by atoms with Crippen LogP contribution in [0, 0.1) is 0 Å². The van der Waals surface area contributed by atoms with Gasteiger partial charge in [-0.3, -0.25) is 4.79 Å². The van der Waals surface area contributed by atoms with Crippen molar-refractivity contribution in [2.75, 3.05) is 26.6 Å². The van der Waals surface area contributed by atoms with E-state index in [-0.39, 0.29) is 25.3 Å². The number of hydrogen-bond acceptors (Lipinski definition) is 6. The molecule has 1 atom stereocenters. The minimum Gasteiger partial charge on any atom is -0.482 e. The third kappa shape index (κ3) is 4.93. The largest absolute Gasteiger partial charge is 0.482 e. The Kier molecular flexibility index (Phi) is 6.67. The van der Waals surface area contributed by atoms with Gasteiger partial charge in [-0.1, -0.05) is 36.4 Å². The Morgan fingerprint density at radius 1 is 1.05 bits per heavy atom. The van der Waals surface area contributed by atoms with Crippen molar-refractivity contribution in [2.24, 2.45) is 0 Å². The van der Waals surface area contributed by atoms with E-state index in [2.05, 4.69) is 17.1 Å². The first-order valence-corrected chi connectivity index (χ1v) is 13.0. The Morgan fingerprint density at radius 2 is 1.87 bits per heavy atom. The van der Waals surface area contributed by atoms with Gasteiger partial charge in [-0.2, -0.15) is 0 Å². The summed E-state index contributed by atoms with van der Waals surface area (Å²) in [5, 5.41) is 1.19. The first-order chi connectivity index (χ1) is 19.1. The fourth-order valence-corrected chi connectivity index (χ4v) is 5.19. The van der Waals surface area contributed by atoms with Gasteiger partial charge in [-0.15, -0.1) is 0 Å². The summed E-state index contributed by atoms with van der Waals surface area (Å²) in [6.07, 6.45) is 4.14. The number of amides is 1. The second kappa shape index (κ2) is 10.6. The van der Waals surface area contributed by atoms with Crippen LogP contribution in [0.5, 0.6) is 17.2 Å². The summed E-state index contributed by atoms with van der Waals surface area (Å²) < 4.78 is 21.5. The van der Waals surface area contributed by atoms with Crippen molar-refractivity contribution in [2.45, 2.75) is 19.4 Å². The molecule has 4 aromatic rings. The number of esters is 1. The highest BCUT2D eigenvalue weighted by Gasteiger charge is 2.34. The highest BCUT2D eigenvalue weighted by Crippen LogP contribution is 2.42. The molecule has 0 aliphatic carbocycles. The number of nitrogens with one attached hydrogen (secondary N) is 1. The van der Waals surface area contributed by atoms with Crippen LogP contribution in [0.4, 0.5) is 0 Å². The van der Waals surface area contributed by atoms with Crippen LogP contribution < -0.4 is 14.2 Å². The molecule has 1 aromatic heterocycles. The number of ether oxygens (including phenoxy) is 4. The van der Waals surface area contributed by atoms with Crippen LogP contribution in [0.2, 0.25) is 0 Å². The Labute approximate surface area is 225 Å². The standard InChI is InChI=1S/C31H28N2O6/c1-2-36-29(35)18-37-22-11-7-20(8-12-22)9-14-28(34)33-16-15-24-23-5-3-4-6-25(23)32-30(24)31(33)21-10-13-26-27(17-21)39-19-38-26/h3-14,17,31-32H,2,15-16,18-19H2,1H3/b14-9+. The van der Waals surface area contributed by atoms with Crippen LogP contribution in [0.15, 0.2) is 72.8 Å². The van der Waals surface area contributed by atoms with Crippen molar-refractivity contribution in [1.29, 1.82) is 0 Å². The van der Waals surface area contributed by atoms with Gasteiger partial charge in [0, 0.05) is 29.2 Å². The number of H-pyrrole nitrogens is 1. The molecule has 8 heteroatoms. The van der Waals surface area contributed by atoms with Crippen molar-refractivity contribution >= 4 is 28.9 Å². The average Bonchev–Trinajstić information content (AvgIpc) is 3.59. The Morgan fingerprint density at radius 3 is 2.72 bits per heavy atom. The summed E-state index contributed by atoms with van der Waals surface area (Å²) in [5.74, 6) is 1.44. The second-order valence-electron chi connectivity index (χ2n) is 9.36. The molecule has 0 radical (unpaired) electrons. The van der Waals surface area contributed by atoms with Gasteiger partial charge in [0.15, 0.2) is 18.1 Å². The summed E-state index contributed by atoms with van der Waals surface area (Å²) in [6, 6.07) is 21.0. The maximum atomic E-state index is 13.6. The summed E-state index contributed by atoms with van der Waals surface area (Å²) in [5.41, 5.74) is 5.11. The number of nitrogens with zero attached hydrogens (tertiary/aromatic N) is 1. The molecular weight excluding hydrogens is 496 g/mol. The van der Waals surface area contributed by atoms with Gasteiger partial charge < -0.3 is 28.8 Å². The van der Waals surface area contributed by atoms with Gasteiger partial charge in [0.25, 0.3) is 0 Å². The van der Waals surface area contributed by atoms with Crippen LogP contribution in [0.1, 0.15) is 35.3 Å². The second-order valence-corrected chi connectivity index (χ2v) is 9.36. The lowest BCUT2D eigenvalue weighted by Crippen LogP contribution is -2.39. The van der Waals surface area contributed by atoms with Gasteiger partial charge >= 0.3 is 5.97 Å². The minimum absolute atomic E-state index is 0.0930. The van der Waals surface area contributed by atoms with E-state index >= 15 is 0 Å². The molecule has 3 heterocycles. The summed E-state index contributed by atoms with van der Waals surface area (Å²) in [6.45, 7) is 2.69. The first-order valence-electron chi connectivity index (χ1n) is 13.0. The molecule has 3 aromatic carbocycles. The zero-order chi connectivity index (χ0) is 26.8. The van der Waals surface area contributed by atoms with Crippen LogP contribution in [-0.4, -0.2) is 48.3 Å². The lowest BCUT2D eigenvalue weighted by molar-refractivity contribution is -0.145. The number of carbonyl (C=O) groups is 2. The summed E-state index contributed by atoms with van der Waals surface area (Å²) in [4.78, 5) is 30.6. The lowest BCUT2D eigenvalue weighted by atomic mass is 9.92. The van der Waals surface area contributed by atoms with E-state index in [1.807, 2.05) is 47.4 Å². The zero-order valence-corrected chi connectivity index (χ0v) is 21.5. The van der Waals surface area contributed by atoms with Gasteiger partial charge in [0.1, 0.15) is 5.75 Å². The van der Waals surface area contributed by atoms with Crippen LogP contribution in [0.3, 0.4) is 0 Å². The molecule has 2 aliphatic rings. The molecule has 0 bridgehead atoms. The molecule has 1 N–H and O–H groups in total. The molecule has 0 spiro atoms. The van der Waals surface area contributed by atoms with E-state index < -0.39 is 5.97 Å². The average molecular weight is 525 g/mol. The van der Waals surface area contributed by atoms with Gasteiger partial charge in [0.05, 0.1) is 12.6 Å². The predicted octanol–water partition coefficient (Wildman–Crippen LogP) is 5.03. The van der Waals surface area contributed by atoms with E-state index in [4.69, 9.17) is 18.9 Å². The fraction of sp³-hybridized carbons (Fsp3) is 0.226. The zero-order valence-electron chi connectivity index (χ0n) is 21.5. The minimum atomic E-state index is -0.413. The number of benzene rings is 3. The van der Waals surface area contributed by atoms with Gasteiger partial charge in [0.2, 0.25) is 12.7 Å². The molecule has 6 rings (SSSR count). The maximum absolute atomic E-state index is 13.6. The molecular formula is C31H28N2O6. The number of fused-ring (bicyclic) bond motifs is 4. The summed E-state index contributed by atoms with van der Waals surface area (Å²) in [7, 11) is 0. The predicted molar refractivity (Wildman–Crippen MR) is 146 cm³/mol. The number of aromatic nitrogens is 1. The molecule has 198 valence electrons. The molecule has 8 nitrogen and oxygen atoms in total. The normalized spacial score (nSPS) is 15.9. The smallest absolute Gasteiger partial charge is 0.344 e. The molecule has 39 heavy (non-hydrogen) atoms. The highest BCUT2D eigenvalue weighted by atomic mass is 16.7. The topological polar surface area (TPSA) is 90.1 Å². The Bertz CT molecular complexity index is 1560. The van der Waals surface area contributed by atoms with Crippen molar-refractivity contribution in [3.05, 3.63) is 95.2 Å². The number of rotatable bonds is 7. The van der Waals surface area contributed by atoms with Crippen LogP contribution in [0.25, 0.3) is 17.0 Å². The maximum Gasteiger partial charge on any atom is 0.344 e. The number of para-hydroxylation sites is 1. The van der Waals surface area contributed by atoms with Gasteiger partial charge in [-0.25, -0.2) is 4.79 Å². The summed E-state index contributed by atoms with van der Waals surface area (Å²) >= 11 is 0. The fourth-order valence-electron chi connectivity index (χ4n) is 5.19. The molecule has 0 fully saturated rings. The molecule has 0 saturated heterocycles. The van der Waals surface area contributed by atoms with Crippen molar-refractivity contribution in [3.63, 3.8) is 0 Å². The van der Waals surface area contributed by atoms with Crippen LogP contribution in [-0.2, 0) is 20.7 Å². The number of hydrogen-bond donors (Lipinski definition) is 1. The van der Waals surface area contributed by atoms with Crippen LogP contribution >= 0.6 is 0 Å². The quantitative estimate of drug-likeness (QED) is 0.270. The molecule has 1 amide bonds. The molecule has 2 aliphatic heterocycles. The van der Waals surface area contributed by atoms with E-state index in [0.29, 0.717) is 30.4 Å². The molecule has 0 saturated carbocycles. The third-order valence-corrected chi connectivity index (χ3v) is 6.99. The van der Waals surface area contributed by atoms with Crippen molar-refractivity contribution in [3.8, 4) is 17.2 Å². The van der Waals surface area contributed by atoms with Crippen molar-refractivity contribution in [1.82, 2.24) is 9.88 Å². The van der Waals surface area contributed by atoms with E-state index in [9.17, 15) is 9.59 Å². The highest BCUT2D eigenvalue weighted by molar-refractivity contribution is 5.93. The van der Waals surface area contributed by atoms with E-state index in [1.165, 1.54) is 10.9 Å². The third-order valence-electron chi connectivity index (χ3n) is 6.99. The first kappa shape index (κ1) is 24.6. The van der Waals surface area contributed by atoms with E-state index in [0.717, 1.165) is 28.8 Å². The molecule has 1 unspecified atom stereocenters.